The maximum atomic E-state index is 5.89. The van der Waals surface area contributed by atoms with Crippen LogP contribution in [0.4, 0.5) is 23.1 Å². The van der Waals surface area contributed by atoms with Crippen molar-refractivity contribution in [2.45, 2.75) is 26.2 Å². The van der Waals surface area contributed by atoms with Gasteiger partial charge in [-0.25, -0.2) is 0 Å². The Morgan fingerprint density at radius 2 is 1.44 bits per heavy atom. The van der Waals surface area contributed by atoms with Crippen LogP contribution in [0.3, 0.4) is 0 Å². The molecule has 0 saturated heterocycles. The number of benzene rings is 2. The number of anilines is 4. The van der Waals surface area contributed by atoms with Gasteiger partial charge in [-0.05, 0) is 47.4 Å². The van der Waals surface area contributed by atoms with Crippen LogP contribution in [-0.4, -0.2) is 15.2 Å². The van der Waals surface area contributed by atoms with E-state index >= 15 is 0 Å². The van der Waals surface area contributed by atoms with E-state index in [-0.39, 0.29) is 5.41 Å². The molecule has 0 aliphatic heterocycles. The second-order valence-electron chi connectivity index (χ2n) is 6.75. The van der Waals surface area contributed by atoms with E-state index in [1.165, 1.54) is 5.56 Å². The Morgan fingerprint density at radius 1 is 0.840 bits per heavy atom. The Kier molecular flexibility index (Phi) is 4.86. The SMILES string of the molecule is CC(C)(C)c1ccc(Nc2nncc(Nc3ccc(Cl)cc3)n2)cc1. The molecule has 2 aromatic carbocycles. The zero-order valence-corrected chi connectivity index (χ0v) is 15.2. The largest absolute Gasteiger partial charge is 0.339 e. The molecule has 1 heterocycles. The van der Waals surface area contributed by atoms with E-state index in [1.807, 2.05) is 36.4 Å². The number of halogens is 1. The average molecular weight is 354 g/mol. The highest BCUT2D eigenvalue weighted by molar-refractivity contribution is 6.30. The molecule has 0 saturated carbocycles. The van der Waals surface area contributed by atoms with Crippen molar-refractivity contribution >= 4 is 34.7 Å². The number of nitrogens with one attached hydrogen (secondary N) is 2. The predicted molar refractivity (Wildman–Crippen MR) is 103 cm³/mol. The van der Waals surface area contributed by atoms with E-state index in [2.05, 4.69) is 58.7 Å². The summed E-state index contributed by atoms with van der Waals surface area (Å²) in [6.45, 7) is 6.57. The van der Waals surface area contributed by atoms with Crippen LogP contribution in [0.2, 0.25) is 5.02 Å². The Bertz CT molecular complexity index is 839. The van der Waals surface area contributed by atoms with E-state index in [4.69, 9.17) is 11.6 Å². The topological polar surface area (TPSA) is 62.7 Å². The van der Waals surface area contributed by atoms with Gasteiger partial charge in [-0.2, -0.15) is 10.1 Å². The Morgan fingerprint density at radius 3 is 2.08 bits per heavy atom. The Hall–Kier alpha value is -2.66. The molecule has 6 heteroatoms. The lowest BCUT2D eigenvalue weighted by atomic mass is 9.87. The minimum absolute atomic E-state index is 0.124. The van der Waals surface area contributed by atoms with Gasteiger partial charge in [0.1, 0.15) is 0 Å². The lowest BCUT2D eigenvalue weighted by molar-refractivity contribution is 0.590. The normalized spacial score (nSPS) is 11.2. The van der Waals surface area contributed by atoms with Crippen LogP contribution in [0, 0.1) is 0 Å². The van der Waals surface area contributed by atoms with Crippen molar-refractivity contribution < 1.29 is 0 Å². The van der Waals surface area contributed by atoms with Gasteiger partial charge in [0.2, 0.25) is 5.95 Å². The second kappa shape index (κ2) is 7.07. The molecule has 25 heavy (non-hydrogen) atoms. The number of hydrogen-bond donors (Lipinski definition) is 2. The summed E-state index contributed by atoms with van der Waals surface area (Å²) in [7, 11) is 0. The lowest BCUT2D eigenvalue weighted by Gasteiger charge is -2.19. The molecule has 128 valence electrons. The van der Waals surface area contributed by atoms with Crippen LogP contribution in [0.25, 0.3) is 0 Å². The zero-order valence-electron chi connectivity index (χ0n) is 14.4. The molecule has 0 radical (unpaired) electrons. The van der Waals surface area contributed by atoms with Gasteiger partial charge in [0.05, 0.1) is 6.20 Å². The van der Waals surface area contributed by atoms with Gasteiger partial charge < -0.3 is 10.6 Å². The van der Waals surface area contributed by atoms with Gasteiger partial charge in [-0.1, -0.05) is 44.5 Å². The van der Waals surface area contributed by atoms with Crippen LogP contribution in [0.5, 0.6) is 0 Å². The van der Waals surface area contributed by atoms with Crippen molar-refractivity contribution in [1.82, 2.24) is 15.2 Å². The van der Waals surface area contributed by atoms with E-state index in [9.17, 15) is 0 Å². The van der Waals surface area contributed by atoms with Gasteiger partial charge in [-0.15, -0.1) is 5.10 Å². The molecule has 1 aromatic heterocycles. The summed E-state index contributed by atoms with van der Waals surface area (Å²) in [5.74, 6) is 1.04. The monoisotopic (exact) mass is 353 g/mol. The number of hydrogen-bond acceptors (Lipinski definition) is 5. The quantitative estimate of drug-likeness (QED) is 0.665. The lowest BCUT2D eigenvalue weighted by Crippen LogP contribution is -2.10. The molecule has 0 atom stereocenters. The van der Waals surface area contributed by atoms with E-state index in [0.29, 0.717) is 16.8 Å². The fourth-order valence-electron chi connectivity index (χ4n) is 2.28. The first kappa shape index (κ1) is 17.2. The molecule has 0 bridgehead atoms. The van der Waals surface area contributed by atoms with Gasteiger partial charge >= 0.3 is 0 Å². The van der Waals surface area contributed by atoms with E-state index in [1.54, 1.807) is 6.20 Å². The van der Waals surface area contributed by atoms with Crippen LogP contribution in [0.15, 0.2) is 54.7 Å². The number of nitrogens with zero attached hydrogens (tertiary/aromatic N) is 3. The summed E-state index contributed by atoms with van der Waals surface area (Å²) in [5.41, 5.74) is 3.19. The molecular formula is C19H20ClN5. The summed E-state index contributed by atoms with van der Waals surface area (Å²) < 4.78 is 0. The molecule has 0 amide bonds. The molecule has 0 unspecified atom stereocenters. The highest BCUT2D eigenvalue weighted by Crippen LogP contribution is 2.24. The van der Waals surface area contributed by atoms with E-state index < -0.39 is 0 Å². The molecule has 0 aliphatic carbocycles. The predicted octanol–water partition coefficient (Wildman–Crippen LogP) is 5.31. The van der Waals surface area contributed by atoms with Gasteiger partial charge in [0, 0.05) is 16.4 Å². The number of aromatic nitrogens is 3. The summed E-state index contributed by atoms with van der Waals surface area (Å²) >= 11 is 5.89. The third-order valence-electron chi connectivity index (χ3n) is 3.68. The van der Waals surface area contributed by atoms with Gasteiger partial charge in [-0.3, -0.25) is 0 Å². The maximum Gasteiger partial charge on any atom is 0.249 e. The maximum absolute atomic E-state index is 5.89. The third kappa shape index (κ3) is 4.67. The van der Waals surface area contributed by atoms with Crippen LogP contribution in [-0.2, 0) is 5.41 Å². The van der Waals surface area contributed by atoms with Crippen molar-refractivity contribution in [3.8, 4) is 0 Å². The third-order valence-corrected chi connectivity index (χ3v) is 3.93. The standard InChI is InChI=1S/C19H20ClN5/c1-19(2,3)13-4-8-16(9-5-13)23-18-24-17(12-21-25-18)22-15-10-6-14(20)7-11-15/h4-12H,1-3H3,(H2,22,23,24,25). The van der Waals surface area contributed by atoms with Gasteiger partial charge in [0.15, 0.2) is 5.82 Å². The van der Waals surface area contributed by atoms with Gasteiger partial charge in [0.25, 0.3) is 0 Å². The molecule has 5 nitrogen and oxygen atoms in total. The summed E-state index contributed by atoms with van der Waals surface area (Å²) in [5, 5.41) is 15.0. The van der Waals surface area contributed by atoms with Crippen molar-refractivity contribution in [3.63, 3.8) is 0 Å². The minimum atomic E-state index is 0.124. The summed E-state index contributed by atoms with van der Waals surface area (Å²) in [4.78, 5) is 4.43. The molecule has 3 rings (SSSR count). The number of rotatable bonds is 4. The average Bonchev–Trinajstić information content (AvgIpc) is 2.57. The highest BCUT2D eigenvalue weighted by atomic mass is 35.5. The smallest absolute Gasteiger partial charge is 0.249 e. The zero-order chi connectivity index (χ0) is 17.9. The van der Waals surface area contributed by atoms with Crippen molar-refractivity contribution in [2.24, 2.45) is 0 Å². The van der Waals surface area contributed by atoms with Crippen molar-refractivity contribution in [1.29, 1.82) is 0 Å². The fourth-order valence-corrected chi connectivity index (χ4v) is 2.41. The summed E-state index contributed by atoms with van der Waals surface area (Å²) in [6, 6.07) is 15.6. The Labute approximate surface area is 152 Å². The molecule has 3 aromatic rings. The van der Waals surface area contributed by atoms with Crippen molar-refractivity contribution in [3.05, 3.63) is 65.3 Å². The molecule has 0 aliphatic rings. The van der Waals surface area contributed by atoms with Crippen LogP contribution >= 0.6 is 11.6 Å². The molecular weight excluding hydrogens is 334 g/mol. The molecule has 2 N–H and O–H groups in total. The first-order chi connectivity index (χ1) is 11.9. The minimum Gasteiger partial charge on any atom is -0.339 e. The van der Waals surface area contributed by atoms with E-state index in [0.717, 1.165) is 11.4 Å². The first-order valence-electron chi connectivity index (χ1n) is 8.00. The van der Waals surface area contributed by atoms with Crippen molar-refractivity contribution in [2.75, 3.05) is 10.6 Å². The highest BCUT2D eigenvalue weighted by Gasteiger charge is 2.13. The summed E-state index contributed by atoms with van der Waals surface area (Å²) in [6.07, 6.45) is 1.57. The fraction of sp³-hybridized carbons (Fsp3) is 0.211. The Balaban J connectivity index is 1.72. The molecule has 0 fully saturated rings. The second-order valence-corrected chi connectivity index (χ2v) is 7.19. The first-order valence-corrected chi connectivity index (χ1v) is 8.38. The van der Waals surface area contributed by atoms with Crippen LogP contribution < -0.4 is 10.6 Å². The van der Waals surface area contributed by atoms with Crippen LogP contribution in [0.1, 0.15) is 26.3 Å². The molecule has 0 spiro atoms.